The van der Waals surface area contributed by atoms with E-state index in [1.165, 1.54) is 19.3 Å². The van der Waals surface area contributed by atoms with Crippen LogP contribution in [0.25, 0.3) is 0 Å². The molecule has 0 aromatic heterocycles. The lowest BCUT2D eigenvalue weighted by atomic mass is 10.1. The van der Waals surface area contributed by atoms with E-state index in [0.717, 1.165) is 6.54 Å². The van der Waals surface area contributed by atoms with E-state index in [0.29, 0.717) is 12.1 Å². The highest BCUT2D eigenvalue weighted by atomic mass is 14.9. The topological polar surface area (TPSA) is 24.1 Å². The van der Waals surface area contributed by atoms with Gasteiger partial charge in [-0.15, -0.1) is 0 Å². The molecule has 0 aliphatic heterocycles. The van der Waals surface area contributed by atoms with Crippen molar-refractivity contribution in [3.05, 3.63) is 0 Å². The van der Waals surface area contributed by atoms with Crippen molar-refractivity contribution in [2.75, 3.05) is 13.6 Å². The molecule has 0 rings (SSSR count). The van der Waals surface area contributed by atoms with Gasteiger partial charge in [-0.1, -0.05) is 13.3 Å². The number of rotatable bonds is 7. The maximum atomic E-state index is 3.58. The van der Waals surface area contributed by atoms with Gasteiger partial charge in [0.15, 0.2) is 0 Å². The molecule has 74 valence electrons. The third-order valence-corrected chi connectivity index (χ3v) is 2.12. The number of hydrogen-bond acceptors (Lipinski definition) is 2. The average Bonchev–Trinajstić information content (AvgIpc) is 2.01. The molecule has 0 aliphatic carbocycles. The Morgan fingerprint density at radius 1 is 1.08 bits per heavy atom. The zero-order valence-corrected chi connectivity index (χ0v) is 8.98. The molecule has 0 saturated heterocycles. The lowest BCUT2D eigenvalue weighted by Crippen LogP contribution is -2.36. The largest absolute Gasteiger partial charge is 0.320 e. The average molecular weight is 172 g/mol. The first-order chi connectivity index (χ1) is 5.70. The standard InChI is InChI=1S/C10H24N2/c1-5-6-9(2)12-10(3)7-8-11-4/h9-12H,5-8H2,1-4H3. The normalized spacial score (nSPS) is 16.0. The Morgan fingerprint density at radius 3 is 2.17 bits per heavy atom. The maximum Gasteiger partial charge on any atom is 0.00532 e. The Labute approximate surface area is 77.1 Å². The molecule has 2 unspecified atom stereocenters. The second-order valence-corrected chi connectivity index (χ2v) is 3.65. The predicted octanol–water partition coefficient (Wildman–Crippen LogP) is 1.76. The number of hydrogen-bond donors (Lipinski definition) is 2. The fraction of sp³-hybridized carbons (Fsp3) is 1.00. The van der Waals surface area contributed by atoms with Gasteiger partial charge in [0.05, 0.1) is 0 Å². The van der Waals surface area contributed by atoms with Crippen LogP contribution < -0.4 is 10.6 Å². The van der Waals surface area contributed by atoms with Crippen LogP contribution in [0.15, 0.2) is 0 Å². The van der Waals surface area contributed by atoms with Gasteiger partial charge in [-0.05, 0) is 40.3 Å². The molecule has 0 aromatic rings. The molecule has 0 spiro atoms. The van der Waals surface area contributed by atoms with E-state index in [-0.39, 0.29) is 0 Å². The Morgan fingerprint density at radius 2 is 1.67 bits per heavy atom. The fourth-order valence-corrected chi connectivity index (χ4v) is 1.45. The van der Waals surface area contributed by atoms with Gasteiger partial charge in [0.1, 0.15) is 0 Å². The molecule has 0 aliphatic rings. The minimum Gasteiger partial charge on any atom is -0.320 e. The monoisotopic (exact) mass is 172 g/mol. The smallest absolute Gasteiger partial charge is 0.00532 e. The summed E-state index contributed by atoms with van der Waals surface area (Å²) in [6.45, 7) is 7.85. The Balaban J connectivity index is 3.33. The van der Waals surface area contributed by atoms with Crippen molar-refractivity contribution in [3.63, 3.8) is 0 Å². The van der Waals surface area contributed by atoms with Gasteiger partial charge in [0.25, 0.3) is 0 Å². The lowest BCUT2D eigenvalue weighted by Gasteiger charge is -2.19. The van der Waals surface area contributed by atoms with E-state index < -0.39 is 0 Å². The highest BCUT2D eigenvalue weighted by Crippen LogP contribution is 1.98. The molecule has 0 saturated carbocycles. The second-order valence-electron chi connectivity index (χ2n) is 3.65. The molecule has 0 aromatic carbocycles. The van der Waals surface area contributed by atoms with Crippen LogP contribution in [-0.4, -0.2) is 25.7 Å². The van der Waals surface area contributed by atoms with Crippen molar-refractivity contribution < 1.29 is 0 Å². The SMILES string of the molecule is CCCC(C)NC(C)CCNC. The summed E-state index contributed by atoms with van der Waals surface area (Å²) in [5.41, 5.74) is 0. The predicted molar refractivity (Wildman–Crippen MR) is 55.5 cm³/mol. The molecular formula is C10H24N2. The van der Waals surface area contributed by atoms with Crippen LogP contribution in [0.2, 0.25) is 0 Å². The first-order valence-electron chi connectivity index (χ1n) is 5.11. The van der Waals surface area contributed by atoms with Crippen molar-refractivity contribution in [1.82, 2.24) is 10.6 Å². The summed E-state index contributed by atoms with van der Waals surface area (Å²) in [4.78, 5) is 0. The summed E-state index contributed by atoms with van der Waals surface area (Å²) in [7, 11) is 2.00. The summed E-state index contributed by atoms with van der Waals surface area (Å²) in [5.74, 6) is 0. The van der Waals surface area contributed by atoms with Gasteiger partial charge in [0, 0.05) is 12.1 Å². The lowest BCUT2D eigenvalue weighted by molar-refractivity contribution is 0.422. The van der Waals surface area contributed by atoms with Crippen molar-refractivity contribution in [1.29, 1.82) is 0 Å². The van der Waals surface area contributed by atoms with Crippen molar-refractivity contribution in [2.45, 2.75) is 52.1 Å². The van der Waals surface area contributed by atoms with Crippen LogP contribution in [0.1, 0.15) is 40.0 Å². The van der Waals surface area contributed by atoms with Crippen LogP contribution in [0.5, 0.6) is 0 Å². The van der Waals surface area contributed by atoms with Gasteiger partial charge < -0.3 is 10.6 Å². The van der Waals surface area contributed by atoms with E-state index in [2.05, 4.69) is 31.4 Å². The van der Waals surface area contributed by atoms with Gasteiger partial charge in [0.2, 0.25) is 0 Å². The molecular weight excluding hydrogens is 148 g/mol. The van der Waals surface area contributed by atoms with Crippen molar-refractivity contribution in [2.24, 2.45) is 0 Å². The van der Waals surface area contributed by atoms with E-state index in [9.17, 15) is 0 Å². The third-order valence-electron chi connectivity index (χ3n) is 2.12. The van der Waals surface area contributed by atoms with Crippen LogP contribution in [0, 0.1) is 0 Å². The summed E-state index contributed by atoms with van der Waals surface area (Å²) in [5, 5.41) is 6.74. The van der Waals surface area contributed by atoms with Crippen molar-refractivity contribution in [3.8, 4) is 0 Å². The molecule has 0 radical (unpaired) electrons. The van der Waals surface area contributed by atoms with Gasteiger partial charge in [-0.2, -0.15) is 0 Å². The Bertz CT molecular complexity index is 93.8. The first kappa shape index (κ1) is 11.9. The molecule has 0 bridgehead atoms. The molecule has 0 amide bonds. The van der Waals surface area contributed by atoms with E-state index in [4.69, 9.17) is 0 Å². The highest BCUT2D eigenvalue weighted by molar-refractivity contribution is 4.67. The molecule has 12 heavy (non-hydrogen) atoms. The van der Waals surface area contributed by atoms with E-state index in [1.807, 2.05) is 7.05 Å². The van der Waals surface area contributed by atoms with Gasteiger partial charge in [-0.3, -0.25) is 0 Å². The van der Waals surface area contributed by atoms with Crippen LogP contribution >= 0.6 is 0 Å². The van der Waals surface area contributed by atoms with Crippen LogP contribution in [0.3, 0.4) is 0 Å². The van der Waals surface area contributed by atoms with Crippen molar-refractivity contribution >= 4 is 0 Å². The first-order valence-corrected chi connectivity index (χ1v) is 5.11. The van der Waals surface area contributed by atoms with E-state index in [1.54, 1.807) is 0 Å². The molecule has 0 heterocycles. The minimum atomic E-state index is 0.638. The maximum absolute atomic E-state index is 3.58. The van der Waals surface area contributed by atoms with Crippen LogP contribution in [-0.2, 0) is 0 Å². The summed E-state index contributed by atoms with van der Waals surface area (Å²) in [6.07, 6.45) is 3.77. The second kappa shape index (κ2) is 7.56. The third kappa shape index (κ3) is 6.62. The molecule has 2 nitrogen and oxygen atoms in total. The molecule has 2 N–H and O–H groups in total. The number of nitrogens with one attached hydrogen (secondary N) is 2. The van der Waals surface area contributed by atoms with Crippen LogP contribution in [0.4, 0.5) is 0 Å². The minimum absolute atomic E-state index is 0.638. The Kier molecular flexibility index (Phi) is 7.51. The van der Waals surface area contributed by atoms with E-state index >= 15 is 0 Å². The zero-order valence-electron chi connectivity index (χ0n) is 8.98. The molecule has 2 atom stereocenters. The van der Waals surface area contributed by atoms with Gasteiger partial charge >= 0.3 is 0 Å². The quantitative estimate of drug-likeness (QED) is 0.611. The summed E-state index contributed by atoms with van der Waals surface area (Å²) >= 11 is 0. The molecule has 2 heteroatoms. The zero-order chi connectivity index (χ0) is 9.40. The van der Waals surface area contributed by atoms with Gasteiger partial charge in [-0.25, -0.2) is 0 Å². The Hall–Kier alpha value is -0.0800. The summed E-state index contributed by atoms with van der Waals surface area (Å²) in [6, 6.07) is 1.31. The fourth-order valence-electron chi connectivity index (χ4n) is 1.45. The molecule has 0 fully saturated rings. The highest BCUT2D eigenvalue weighted by Gasteiger charge is 2.04. The summed E-state index contributed by atoms with van der Waals surface area (Å²) < 4.78 is 0.